The lowest BCUT2D eigenvalue weighted by molar-refractivity contribution is -0.127. The number of piperidine rings is 1. The number of nitrogens with one attached hydrogen (secondary N) is 1. The van der Waals surface area contributed by atoms with E-state index in [0.29, 0.717) is 6.42 Å². The van der Waals surface area contributed by atoms with Crippen molar-refractivity contribution in [2.75, 3.05) is 0 Å². The van der Waals surface area contributed by atoms with E-state index in [9.17, 15) is 4.79 Å². The lowest BCUT2D eigenvalue weighted by Gasteiger charge is -2.49. The molecule has 1 aliphatic heterocycles. The van der Waals surface area contributed by atoms with Crippen LogP contribution in [0.15, 0.2) is 0 Å². The first-order chi connectivity index (χ1) is 5.23. The molecule has 1 aliphatic carbocycles. The molecule has 0 aromatic heterocycles. The molecule has 11 heavy (non-hydrogen) atoms. The van der Waals surface area contributed by atoms with E-state index in [-0.39, 0.29) is 17.5 Å². The van der Waals surface area contributed by atoms with Gasteiger partial charge in [-0.1, -0.05) is 0 Å². The molecular weight excluding hydrogens is 140 g/mol. The number of carbonyl (C=O) groups excluding carboxylic acids is 1. The summed E-state index contributed by atoms with van der Waals surface area (Å²) < 4.78 is 0. The number of rotatable bonds is 0. The van der Waals surface area contributed by atoms with Gasteiger partial charge in [0.25, 0.3) is 0 Å². The van der Waals surface area contributed by atoms with Crippen LogP contribution in [0.2, 0.25) is 0 Å². The fourth-order valence-electron chi connectivity index (χ4n) is 2.05. The van der Waals surface area contributed by atoms with Gasteiger partial charge in [-0.25, -0.2) is 0 Å². The second-order valence-electron chi connectivity index (χ2n) is 3.70. The van der Waals surface area contributed by atoms with Crippen LogP contribution in [0.3, 0.4) is 0 Å². The van der Waals surface area contributed by atoms with Crippen LogP contribution >= 0.6 is 0 Å². The first-order valence-corrected chi connectivity index (χ1v) is 4.30. The van der Waals surface area contributed by atoms with Gasteiger partial charge in [-0.15, -0.1) is 0 Å². The zero-order chi connectivity index (χ0) is 7.90. The SMILES string of the molecule is NC1CCC(=O)NC12CCC2. The third-order valence-electron chi connectivity index (χ3n) is 3.03. The molecule has 0 radical (unpaired) electrons. The predicted octanol–water partition coefficient (Wildman–Crippen LogP) is 0.146. The lowest BCUT2D eigenvalue weighted by atomic mass is 9.68. The van der Waals surface area contributed by atoms with Gasteiger partial charge in [-0.05, 0) is 25.7 Å². The van der Waals surface area contributed by atoms with Crippen molar-refractivity contribution in [2.24, 2.45) is 5.73 Å². The maximum Gasteiger partial charge on any atom is 0.220 e. The molecule has 1 atom stereocenters. The lowest BCUT2D eigenvalue weighted by Crippen LogP contribution is -2.66. The molecule has 3 nitrogen and oxygen atoms in total. The Morgan fingerprint density at radius 3 is 2.73 bits per heavy atom. The number of nitrogens with two attached hydrogens (primary N) is 1. The maximum atomic E-state index is 11.1. The highest BCUT2D eigenvalue weighted by atomic mass is 16.1. The van der Waals surface area contributed by atoms with Crippen molar-refractivity contribution in [2.45, 2.75) is 43.7 Å². The van der Waals surface area contributed by atoms with Gasteiger partial charge in [0.15, 0.2) is 0 Å². The highest BCUT2D eigenvalue weighted by molar-refractivity contribution is 5.78. The average Bonchev–Trinajstić information content (AvgIpc) is 1.91. The first-order valence-electron chi connectivity index (χ1n) is 4.30. The van der Waals surface area contributed by atoms with Crippen LogP contribution in [0.5, 0.6) is 0 Å². The van der Waals surface area contributed by atoms with Crippen LogP contribution in [0, 0.1) is 0 Å². The molecule has 0 aromatic carbocycles. The van der Waals surface area contributed by atoms with E-state index < -0.39 is 0 Å². The normalized spacial score (nSPS) is 34.6. The van der Waals surface area contributed by atoms with Gasteiger partial charge in [-0.3, -0.25) is 4.79 Å². The Labute approximate surface area is 66.3 Å². The van der Waals surface area contributed by atoms with E-state index in [1.165, 1.54) is 6.42 Å². The van der Waals surface area contributed by atoms with Crippen LogP contribution in [-0.4, -0.2) is 17.5 Å². The smallest absolute Gasteiger partial charge is 0.220 e. The summed E-state index contributed by atoms with van der Waals surface area (Å²) in [5.41, 5.74) is 5.93. The number of amides is 1. The summed E-state index contributed by atoms with van der Waals surface area (Å²) in [6.07, 6.45) is 4.86. The number of hydrogen-bond acceptors (Lipinski definition) is 2. The van der Waals surface area contributed by atoms with Crippen molar-refractivity contribution in [3.05, 3.63) is 0 Å². The van der Waals surface area contributed by atoms with Crippen LogP contribution < -0.4 is 11.1 Å². The third-order valence-corrected chi connectivity index (χ3v) is 3.03. The first kappa shape index (κ1) is 7.10. The fraction of sp³-hybridized carbons (Fsp3) is 0.875. The maximum absolute atomic E-state index is 11.1. The summed E-state index contributed by atoms with van der Waals surface area (Å²) in [6, 6.07) is 0.203. The summed E-state index contributed by atoms with van der Waals surface area (Å²) in [5, 5.41) is 3.02. The molecule has 1 amide bonds. The van der Waals surface area contributed by atoms with E-state index in [1.807, 2.05) is 0 Å². The molecule has 1 spiro atoms. The van der Waals surface area contributed by atoms with E-state index in [4.69, 9.17) is 5.73 Å². The van der Waals surface area contributed by atoms with Crippen LogP contribution in [0.25, 0.3) is 0 Å². The largest absolute Gasteiger partial charge is 0.349 e. The van der Waals surface area contributed by atoms with Gasteiger partial charge < -0.3 is 11.1 Å². The Hall–Kier alpha value is -0.570. The molecular formula is C8H14N2O. The van der Waals surface area contributed by atoms with Crippen molar-refractivity contribution in [3.8, 4) is 0 Å². The molecule has 1 saturated heterocycles. The molecule has 2 fully saturated rings. The standard InChI is InChI=1S/C8H14N2O/c9-6-2-3-7(11)10-8(6)4-1-5-8/h6H,1-5,9H2,(H,10,11). The molecule has 0 aromatic rings. The van der Waals surface area contributed by atoms with Gasteiger partial charge in [0, 0.05) is 12.5 Å². The summed E-state index contributed by atoms with van der Waals surface area (Å²) in [7, 11) is 0. The van der Waals surface area contributed by atoms with Crippen molar-refractivity contribution in [3.63, 3.8) is 0 Å². The second-order valence-corrected chi connectivity index (χ2v) is 3.70. The molecule has 3 heteroatoms. The molecule has 1 unspecified atom stereocenters. The Balaban J connectivity index is 2.10. The van der Waals surface area contributed by atoms with Gasteiger partial charge >= 0.3 is 0 Å². The quantitative estimate of drug-likeness (QED) is 0.521. The third kappa shape index (κ3) is 0.948. The summed E-state index contributed by atoms with van der Waals surface area (Å²) in [4.78, 5) is 11.1. The van der Waals surface area contributed by atoms with E-state index in [0.717, 1.165) is 19.3 Å². The highest BCUT2D eigenvalue weighted by Gasteiger charge is 2.45. The minimum absolute atomic E-state index is 0.00926. The topological polar surface area (TPSA) is 55.1 Å². The second kappa shape index (κ2) is 2.21. The highest BCUT2D eigenvalue weighted by Crippen LogP contribution is 2.37. The predicted molar refractivity (Wildman–Crippen MR) is 41.9 cm³/mol. The van der Waals surface area contributed by atoms with Crippen molar-refractivity contribution in [1.82, 2.24) is 5.32 Å². The summed E-state index contributed by atoms with van der Waals surface area (Å²) >= 11 is 0. The molecule has 2 rings (SSSR count). The van der Waals surface area contributed by atoms with Gasteiger partial charge in [0.1, 0.15) is 0 Å². The van der Waals surface area contributed by atoms with Gasteiger partial charge in [0.2, 0.25) is 5.91 Å². The molecule has 3 N–H and O–H groups in total. The summed E-state index contributed by atoms with van der Waals surface area (Å²) in [5.74, 6) is 0.186. The van der Waals surface area contributed by atoms with Gasteiger partial charge in [0.05, 0.1) is 5.54 Å². The van der Waals surface area contributed by atoms with Crippen molar-refractivity contribution in [1.29, 1.82) is 0 Å². The Kier molecular flexibility index (Phi) is 1.42. The molecule has 1 heterocycles. The number of carbonyl (C=O) groups is 1. The average molecular weight is 154 g/mol. The van der Waals surface area contributed by atoms with Crippen LogP contribution in [0.1, 0.15) is 32.1 Å². The Morgan fingerprint density at radius 2 is 2.27 bits per heavy atom. The minimum Gasteiger partial charge on any atom is -0.349 e. The Bertz CT molecular complexity index is 187. The van der Waals surface area contributed by atoms with E-state index in [1.54, 1.807) is 0 Å². The zero-order valence-corrected chi connectivity index (χ0v) is 6.60. The van der Waals surface area contributed by atoms with E-state index >= 15 is 0 Å². The number of hydrogen-bond donors (Lipinski definition) is 2. The van der Waals surface area contributed by atoms with Crippen LogP contribution in [0.4, 0.5) is 0 Å². The molecule has 2 aliphatic rings. The summed E-state index contributed by atoms with van der Waals surface area (Å²) in [6.45, 7) is 0. The van der Waals surface area contributed by atoms with E-state index in [2.05, 4.69) is 5.32 Å². The van der Waals surface area contributed by atoms with Crippen molar-refractivity contribution >= 4 is 5.91 Å². The molecule has 0 bridgehead atoms. The molecule has 62 valence electrons. The zero-order valence-electron chi connectivity index (χ0n) is 6.60. The molecule has 1 saturated carbocycles. The fourth-order valence-corrected chi connectivity index (χ4v) is 2.05. The van der Waals surface area contributed by atoms with Crippen LogP contribution in [-0.2, 0) is 4.79 Å². The van der Waals surface area contributed by atoms with Gasteiger partial charge in [-0.2, -0.15) is 0 Å². The minimum atomic E-state index is 0.00926. The monoisotopic (exact) mass is 154 g/mol. The van der Waals surface area contributed by atoms with Crippen molar-refractivity contribution < 1.29 is 4.79 Å². The Morgan fingerprint density at radius 1 is 1.55 bits per heavy atom.